The Morgan fingerprint density at radius 2 is 1.59 bits per heavy atom. The Hall–Kier alpha value is -4.00. The van der Waals surface area contributed by atoms with Gasteiger partial charge in [-0.1, -0.05) is 60.7 Å². The number of benzene rings is 3. The van der Waals surface area contributed by atoms with Crippen molar-refractivity contribution in [2.45, 2.75) is 43.8 Å². The average Bonchev–Trinajstić information content (AvgIpc) is 3.76. The molecule has 192 valence electrons. The van der Waals surface area contributed by atoms with E-state index >= 15 is 0 Å². The second kappa shape index (κ2) is 10.9. The molecule has 2 N–H and O–H groups in total. The van der Waals surface area contributed by atoms with Crippen molar-refractivity contribution in [3.8, 4) is 11.5 Å². The lowest BCUT2D eigenvalue weighted by Crippen LogP contribution is -2.54. The first-order valence-corrected chi connectivity index (χ1v) is 12.8. The molecule has 1 aliphatic heterocycles. The number of methoxy groups -OCH3 is 2. The molecule has 3 aromatic carbocycles. The van der Waals surface area contributed by atoms with E-state index in [-0.39, 0.29) is 24.0 Å². The highest BCUT2D eigenvalue weighted by atomic mass is 16.5. The fraction of sp³-hybridized carbons (Fsp3) is 0.333. The van der Waals surface area contributed by atoms with E-state index in [4.69, 9.17) is 9.47 Å². The van der Waals surface area contributed by atoms with Gasteiger partial charge in [0.2, 0.25) is 5.91 Å². The lowest BCUT2D eigenvalue weighted by molar-refractivity contribution is -0.123. The number of urea groups is 1. The predicted octanol–water partition coefficient (Wildman–Crippen LogP) is 4.25. The van der Waals surface area contributed by atoms with Crippen molar-refractivity contribution in [2.75, 3.05) is 20.8 Å². The van der Waals surface area contributed by atoms with E-state index in [2.05, 4.69) is 10.6 Å². The van der Waals surface area contributed by atoms with E-state index in [0.717, 1.165) is 35.1 Å². The van der Waals surface area contributed by atoms with Gasteiger partial charge in [0, 0.05) is 19.0 Å². The van der Waals surface area contributed by atoms with Crippen LogP contribution >= 0.6 is 0 Å². The standard InChI is InChI=1S/C30H33N3O4/c1-36-26-18-22-15-16-33(28(21-11-7-4-8-12-21)24(22)19-27(26)37-2)30(35)32-25(29(34)31-23-13-14-23)17-20-9-5-3-6-10-20/h3-12,18-19,23,25,28H,13-17H2,1-2H3,(H,31,34)(H,32,35)/t25-,28+/m0/s1. The zero-order valence-corrected chi connectivity index (χ0v) is 21.3. The molecule has 0 spiro atoms. The second-order valence-electron chi connectivity index (χ2n) is 9.64. The first kappa shape index (κ1) is 24.7. The predicted molar refractivity (Wildman–Crippen MR) is 142 cm³/mol. The fourth-order valence-electron chi connectivity index (χ4n) is 4.98. The van der Waals surface area contributed by atoms with E-state index in [1.807, 2.05) is 77.7 Å². The summed E-state index contributed by atoms with van der Waals surface area (Å²) >= 11 is 0. The average molecular weight is 500 g/mol. The van der Waals surface area contributed by atoms with Crippen LogP contribution in [0, 0.1) is 0 Å². The van der Waals surface area contributed by atoms with Crippen LogP contribution < -0.4 is 20.1 Å². The van der Waals surface area contributed by atoms with E-state index in [0.29, 0.717) is 30.9 Å². The van der Waals surface area contributed by atoms with Crippen LogP contribution in [-0.2, 0) is 17.6 Å². The lowest BCUT2D eigenvalue weighted by Gasteiger charge is -2.38. The summed E-state index contributed by atoms with van der Waals surface area (Å²) in [6, 6.07) is 22.7. The third kappa shape index (κ3) is 5.56. The molecule has 7 nitrogen and oxygen atoms in total. The summed E-state index contributed by atoms with van der Waals surface area (Å²) < 4.78 is 11.1. The van der Waals surface area contributed by atoms with E-state index < -0.39 is 6.04 Å². The quantitative estimate of drug-likeness (QED) is 0.486. The number of rotatable bonds is 8. The van der Waals surface area contributed by atoms with E-state index in [9.17, 15) is 9.59 Å². The largest absolute Gasteiger partial charge is 0.493 e. The highest BCUT2D eigenvalue weighted by Crippen LogP contribution is 2.41. The van der Waals surface area contributed by atoms with Gasteiger partial charge in [0.05, 0.1) is 20.3 Å². The molecule has 1 aliphatic carbocycles. The molecule has 0 unspecified atom stereocenters. The monoisotopic (exact) mass is 499 g/mol. The number of hydrogen-bond acceptors (Lipinski definition) is 4. The number of fused-ring (bicyclic) bond motifs is 1. The van der Waals surface area contributed by atoms with Gasteiger partial charge in [-0.05, 0) is 53.6 Å². The first-order chi connectivity index (χ1) is 18.1. The summed E-state index contributed by atoms with van der Waals surface area (Å²) in [6.07, 6.45) is 3.07. The minimum Gasteiger partial charge on any atom is -0.493 e. The molecule has 1 fully saturated rings. The highest BCUT2D eigenvalue weighted by molar-refractivity contribution is 5.88. The second-order valence-corrected chi connectivity index (χ2v) is 9.64. The normalized spacial score (nSPS) is 17.4. The van der Waals surface area contributed by atoms with Gasteiger partial charge in [0.15, 0.2) is 11.5 Å². The van der Waals surface area contributed by atoms with Crippen molar-refractivity contribution in [3.63, 3.8) is 0 Å². The third-order valence-electron chi connectivity index (χ3n) is 7.07. The highest BCUT2D eigenvalue weighted by Gasteiger charge is 2.36. The molecule has 7 heteroatoms. The van der Waals surface area contributed by atoms with Crippen molar-refractivity contribution in [3.05, 3.63) is 95.1 Å². The molecular weight excluding hydrogens is 466 g/mol. The molecule has 2 aliphatic rings. The maximum absolute atomic E-state index is 13.9. The maximum Gasteiger partial charge on any atom is 0.318 e. The number of amides is 3. The Morgan fingerprint density at radius 3 is 2.24 bits per heavy atom. The van der Waals surface area contributed by atoms with Crippen LogP contribution in [0.15, 0.2) is 72.8 Å². The molecule has 0 aromatic heterocycles. The number of nitrogens with zero attached hydrogens (tertiary/aromatic N) is 1. The molecule has 3 aromatic rings. The van der Waals surface area contributed by atoms with Crippen LogP contribution in [0.5, 0.6) is 11.5 Å². The summed E-state index contributed by atoms with van der Waals surface area (Å²) in [7, 11) is 3.24. The molecule has 0 bridgehead atoms. The van der Waals surface area contributed by atoms with Gasteiger partial charge >= 0.3 is 6.03 Å². The van der Waals surface area contributed by atoms with Gasteiger partial charge in [0.25, 0.3) is 0 Å². The number of nitrogens with one attached hydrogen (secondary N) is 2. The maximum atomic E-state index is 13.9. The van der Waals surface area contributed by atoms with Crippen LogP contribution in [-0.4, -0.2) is 49.7 Å². The zero-order valence-electron chi connectivity index (χ0n) is 21.3. The van der Waals surface area contributed by atoms with Crippen molar-refractivity contribution >= 4 is 11.9 Å². The van der Waals surface area contributed by atoms with Crippen LogP contribution in [0.25, 0.3) is 0 Å². The SMILES string of the molecule is COc1cc2c(cc1OC)[C@@H](c1ccccc1)N(C(=O)N[C@@H](Cc1ccccc1)C(=O)NC1CC1)CC2. The van der Waals surface area contributed by atoms with Crippen LogP contribution in [0.1, 0.15) is 41.1 Å². The number of carbonyl (C=O) groups is 2. The number of hydrogen-bond donors (Lipinski definition) is 2. The van der Waals surface area contributed by atoms with Crippen molar-refractivity contribution in [1.29, 1.82) is 0 Å². The zero-order chi connectivity index (χ0) is 25.8. The molecule has 1 saturated carbocycles. The molecule has 3 amide bonds. The summed E-state index contributed by atoms with van der Waals surface area (Å²) in [5.41, 5.74) is 4.10. The summed E-state index contributed by atoms with van der Waals surface area (Å²) in [6.45, 7) is 0.510. The Balaban J connectivity index is 1.46. The van der Waals surface area contributed by atoms with Crippen LogP contribution in [0.4, 0.5) is 4.79 Å². The smallest absolute Gasteiger partial charge is 0.318 e. The fourth-order valence-corrected chi connectivity index (χ4v) is 4.98. The van der Waals surface area contributed by atoms with Gasteiger partial charge in [-0.25, -0.2) is 4.79 Å². The summed E-state index contributed by atoms with van der Waals surface area (Å²) in [5.74, 6) is 1.15. The topological polar surface area (TPSA) is 79.9 Å². The minimum atomic E-state index is -0.668. The molecule has 5 rings (SSSR count). The molecule has 0 saturated heterocycles. The van der Waals surface area contributed by atoms with Gasteiger partial charge in [-0.3, -0.25) is 4.79 Å². The third-order valence-corrected chi connectivity index (χ3v) is 7.07. The van der Waals surface area contributed by atoms with Gasteiger partial charge in [-0.2, -0.15) is 0 Å². The molecular formula is C30H33N3O4. The number of ether oxygens (including phenoxy) is 2. The molecule has 1 heterocycles. The van der Waals surface area contributed by atoms with Crippen LogP contribution in [0.2, 0.25) is 0 Å². The van der Waals surface area contributed by atoms with Gasteiger partial charge in [-0.15, -0.1) is 0 Å². The molecule has 0 radical (unpaired) electrons. The van der Waals surface area contributed by atoms with Crippen molar-refractivity contribution in [1.82, 2.24) is 15.5 Å². The molecule has 37 heavy (non-hydrogen) atoms. The van der Waals surface area contributed by atoms with E-state index in [1.165, 1.54) is 0 Å². The lowest BCUT2D eigenvalue weighted by atomic mass is 9.88. The minimum absolute atomic E-state index is 0.139. The summed E-state index contributed by atoms with van der Waals surface area (Å²) in [4.78, 5) is 28.8. The van der Waals surface area contributed by atoms with E-state index in [1.54, 1.807) is 14.2 Å². The van der Waals surface area contributed by atoms with Gasteiger partial charge < -0.3 is 25.0 Å². The van der Waals surface area contributed by atoms with Crippen LogP contribution in [0.3, 0.4) is 0 Å². The summed E-state index contributed by atoms with van der Waals surface area (Å²) in [5, 5.41) is 6.14. The Kier molecular flexibility index (Phi) is 7.30. The van der Waals surface area contributed by atoms with Crippen molar-refractivity contribution in [2.24, 2.45) is 0 Å². The Morgan fingerprint density at radius 1 is 0.946 bits per heavy atom. The number of carbonyl (C=O) groups excluding carboxylic acids is 2. The first-order valence-electron chi connectivity index (χ1n) is 12.8. The Bertz CT molecular complexity index is 1240. The molecule has 2 atom stereocenters. The van der Waals surface area contributed by atoms with Gasteiger partial charge in [0.1, 0.15) is 6.04 Å². The Labute approximate surface area is 217 Å². The van der Waals surface area contributed by atoms with Crippen molar-refractivity contribution < 1.29 is 19.1 Å².